The Bertz CT molecular complexity index is 593. The van der Waals surface area contributed by atoms with Gasteiger partial charge in [0, 0.05) is 28.1 Å². The first-order valence-electron chi connectivity index (χ1n) is 7.95. The lowest BCUT2D eigenvalue weighted by atomic mass is 9.94. The van der Waals surface area contributed by atoms with Gasteiger partial charge in [-0.1, -0.05) is 43.4 Å². The number of rotatable bonds is 2. The lowest BCUT2D eigenvalue weighted by Gasteiger charge is -2.35. The zero-order chi connectivity index (χ0) is 16.1. The van der Waals surface area contributed by atoms with E-state index in [-0.39, 0.29) is 11.4 Å². The smallest absolute Gasteiger partial charge is 0.337 e. The van der Waals surface area contributed by atoms with Crippen molar-refractivity contribution >= 4 is 34.2 Å². The van der Waals surface area contributed by atoms with Gasteiger partial charge in [-0.15, -0.1) is 0 Å². The third-order valence-corrected chi connectivity index (χ3v) is 6.06. The van der Waals surface area contributed by atoms with E-state index in [4.69, 9.17) is 4.74 Å². The highest BCUT2D eigenvalue weighted by atomic mass is 127. The third kappa shape index (κ3) is 2.74. The van der Waals surface area contributed by atoms with Crippen molar-refractivity contribution in [2.24, 2.45) is 5.41 Å². The molecule has 1 aliphatic heterocycles. The van der Waals surface area contributed by atoms with E-state index in [0.29, 0.717) is 21.4 Å². The van der Waals surface area contributed by atoms with Gasteiger partial charge in [0.05, 0.1) is 12.7 Å². The summed E-state index contributed by atoms with van der Waals surface area (Å²) in [4.78, 5) is 14.4. The Morgan fingerprint density at radius 1 is 1.36 bits per heavy atom. The van der Waals surface area contributed by atoms with Gasteiger partial charge in [0.25, 0.3) is 0 Å². The fourth-order valence-electron chi connectivity index (χ4n) is 3.90. The maximum Gasteiger partial charge on any atom is 0.337 e. The molecule has 4 heteroatoms. The lowest BCUT2D eigenvalue weighted by molar-refractivity contribution is 0.0600. The average molecular weight is 413 g/mol. The number of carbonyl (C=O) groups excluding carboxylic acids is 1. The van der Waals surface area contributed by atoms with Gasteiger partial charge < -0.3 is 9.64 Å². The molecule has 0 N–H and O–H groups in total. The summed E-state index contributed by atoms with van der Waals surface area (Å²) in [6.45, 7) is 7.93. The first kappa shape index (κ1) is 16.1. The molecule has 1 aliphatic carbocycles. The Hall–Kier alpha value is -0.780. The quantitative estimate of drug-likeness (QED) is 0.409. The van der Waals surface area contributed by atoms with Crippen LogP contribution in [-0.2, 0) is 4.74 Å². The van der Waals surface area contributed by atoms with Crippen molar-refractivity contribution in [3.8, 4) is 0 Å². The minimum Gasteiger partial charge on any atom is -0.465 e. The largest absolute Gasteiger partial charge is 0.465 e. The van der Waals surface area contributed by atoms with Gasteiger partial charge in [0.1, 0.15) is 0 Å². The fraction of sp³-hybridized carbons (Fsp3) is 0.611. The predicted molar refractivity (Wildman–Crippen MR) is 98.2 cm³/mol. The van der Waals surface area contributed by atoms with Crippen LogP contribution in [0.4, 0.5) is 5.69 Å². The molecular weight excluding hydrogens is 389 g/mol. The number of methoxy groups -OCH3 is 1. The minimum absolute atomic E-state index is 0.238. The number of hydrogen-bond acceptors (Lipinski definition) is 3. The normalized spacial score (nSPS) is 26.8. The Morgan fingerprint density at radius 2 is 2.09 bits per heavy atom. The number of halogens is 1. The summed E-state index contributed by atoms with van der Waals surface area (Å²) in [5.74, 6) is 0.321. The van der Waals surface area contributed by atoms with Gasteiger partial charge in [0.15, 0.2) is 0 Å². The van der Waals surface area contributed by atoms with Crippen molar-refractivity contribution in [1.29, 1.82) is 0 Å². The monoisotopic (exact) mass is 413 g/mol. The zero-order valence-electron chi connectivity index (χ0n) is 13.7. The van der Waals surface area contributed by atoms with E-state index < -0.39 is 0 Å². The van der Waals surface area contributed by atoms with Crippen LogP contribution in [0.15, 0.2) is 18.2 Å². The number of alkyl halides is 1. The van der Waals surface area contributed by atoms with Crippen LogP contribution >= 0.6 is 22.6 Å². The van der Waals surface area contributed by atoms with Crippen LogP contribution < -0.4 is 4.90 Å². The predicted octanol–water partition coefficient (Wildman–Crippen LogP) is 4.39. The number of esters is 1. The molecule has 3 rings (SSSR count). The van der Waals surface area contributed by atoms with Gasteiger partial charge >= 0.3 is 5.97 Å². The number of nitrogens with zero attached hydrogens (tertiary/aromatic N) is 1. The van der Waals surface area contributed by atoms with E-state index in [1.807, 2.05) is 6.07 Å². The summed E-state index contributed by atoms with van der Waals surface area (Å²) in [6, 6.07) is 6.66. The van der Waals surface area contributed by atoms with Gasteiger partial charge in [0.2, 0.25) is 0 Å². The third-order valence-electron chi connectivity index (χ3n) is 4.70. The molecule has 120 valence electrons. The lowest BCUT2D eigenvalue weighted by Crippen LogP contribution is -2.41. The highest BCUT2D eigenvalue weighted by molar-refractivity contribution is 14.1. The van der Waals surface area contributed by atoms with Crippen LogP contribution in [0.3, 0.4) is 0 Å². The van der Waals surface area contributed by atoms with E-state index >= 15 is 0 Å². The second-order valence-corrected chi connectivity index (χ2v) is 9.24. The topological polar surface area (TPSA) is 29.5 Å². The van der Waals surface area contributed by atoms with E-state index in [1.165, 1.54) is 31.2 Å². The van der Waals surface area contributed by atoms with Crippen LogP contribution in [0.5, 0.6) is 0 Å². The number of carbonyl (C=O) groups is 1. The van der Waals surface area contributed by atoms with E-state index in [0.717, 1.165) is 6.54 Å². The van der Waals surface area contributed by atoms with Crippen LogP contribution in [0, 0.1) is 5.41 Å². The molecule has 0 saturated heterocycles. The Kier molecular flexibility index (Phi) is 4.16. The minimum atomic E-state index is -0.238. The summed E-state index contributed by atoms with van der Waals surface area (Å²) < 4.78 is 5.56. The molecule has 0 aromatic heterocycles. The maximum atomic E-state index is 11.8. The highest BCUT2D eigenvalue weighted by Crippen LogP contribution is 2.52. The SMILES string of the molecule is COC(=O)c1ccc2c(c1)C1CCC(I)C1N2CC(C)(C)C. The van der Waals surface area contributed by atoms with Crippen molar-refractivity contribution in [3.05, 3.63) is 29.3 Å². The number of hydrogen-bond donors (Lipinski definition) is 0. The Morgan fingerprint density at radius 3 is 2.73 bits per heavy atom. The van der Waals surface area contributed by atoms with E-state index in [1.54, 1.807) is 0 Å². The molecule has 1 saturated carbocycles. The Labute approximate surface area is 146 Å². The molecule has 1 aromatic carbocycles. The van der Waals surface area contributed by atoms with Crippen molar-refractivity contribution in [1.82, 2.24) is 0 Å². The molecule has 22 heavy (non-hydrogen) atoms. The van der Waals surface area contributed by atoms with Gasteiger partial charge in [-0.05, 0) is 42.0 Å². The van der Waals surface area contributed by atoms with Gasteiger partial charge in [-0.2, -0.15) is 0 Å². The number of ether oxygens (including phenoxy) is 1. The molecule has 0 amide bonds. The van der Waals surface area contributed by atoms with Crippen LogP contribution in [0.1, 0.15) is 55.5 Å². The molecule has 1 aromatic rings. The molecule has 1 fully saturated rings. The van der Waals surface area contributed by atoms with Crippen molar-refractivity contribution in [3.63, 3.8) is 0 Å². The second kappa shape index (κ2) is 5.69. The molecule has 3 unspecified atom stereocenters. The summed E-state index contributed by atoms with van der Waals surface area (Å²) in [5.41, 5.74) is 3.59. The summed E-state index contributed by atoms with van der Waals surface area (Å²) >= 11 is 2.61. The fourth-order valence-corrected chi connectivity index (χ4v) is 5.15. The molecule has 2 aliphatic rings. The maximum absolute atomic E-state index is 11.8. The van der Waals surface area contributed by atoms with Gasteiger partial charge in [-0.3, -0.25) is 0 Å². The summed E-state index contributed by atoms with van der Waals surface area (Å²) in [6.07, 6.45) is 2.48. The van der Waals surface area contributed by atoms with E-state index in [9.17, 15) is 4.79 Å². The van der Waals surface area contributed by atoms with Crippen molar-refractivity contribution < 1.29 is 9.53 Å². The zero-order valence-corrected chi connectivity index (χ0v) is 15.9. The van der Waals surface area contributed by atoms with Gasteiger partial charge in [-0.25, -0.2) is 4.79 Å². The highest BCUT2D eigenvalue weighted by Gasteiger charge is 2.47. The Balaban J connectivity index is 2.02. The number of fused-ring (bicyclic) bond motifs is 3. The molecule has 0 spiro atoms. The first-order valence-corrected chi connectivity index (χ1v) is 9.19. The molecule has 0 radical (unpaired) electrons. The summed E-state index contributed by atoms with van der Waals surface area (Å²) in [5, 5.41) is 0. The second-order valence-electron chi connectivity index (χ2n) is 7.64. The number of anilines is 1. The molecule has 3 atom stereocenters. The van der Waals surface area contributed by atoms with Crippen LogP contribution in [0.25, 0.3) is 0 Å². The summed E-state index contributed by atoms with van der Waals surface area (Å²) in [7, 11) is 1.45. The standard InChI is InChI=1S/C18H24INO2/c1-18(2,3)10-20-15-8-5-11(17(21)22-4)9-13(15)12-6-7-14(19)16(12)20/h5,8-9,12,14,16H,6-7,10H2,1-4H3. The molecule has 3 nitrogen and oxygen atoms in total. The van der Waals surface area contributed by atoms with E-state index in [2.05, 4.69) is 60.4 Å². The van der Waals surface area contributed by atoms with Crippen molar-refractivity contribution in [2.75, 3.05) is 18.6 Å². The average Bonchev–Trinajstić information content (AvgIpc) is 2.97. The number of benzene rings is 1. The molecular formula is C18H24INO2. The molecule has 1 heterocycles. The first-order chi connectivity index (χ1) is 10.3. The molecule has 0 bridgehead atoms. The van der Waals surface area contributed by atoms with Crippen LogP contribution in [-0.4, -0.2) is 29.6 Å². The van der Waals surface area contributed by atoms with Crippen molar-refractivity contribution in [2.45, 2.75) is 49.5 Å². The van der Waals surface area contributed by atoms with Crippen LogP contribution in [0.2, 0.25) is 0 Å².